The molecule has 0 saturated carbocycles. The molecule has 1 N–H and O–H groups in total. The summed E-state index contributed by atoms with van der Waals surface area (Å²) in [6.07, 6.45) is 44.3. The molecule has 0 aliphatic rings. The van der Waals surface area contributed by atoms with Crippen LogP contribution in [0.5, 0.6) is 0 Å². The lowest BCUT2D eigenvalue weighted by atomic mass is 10.0. The lowest BCUT2D eigenvalue weighted by molar-refractivity contribution is -0.144. The fourth-order valence-corrected chi connectivity index (χ4v) is 5.39. The molecule has 262 valence electrons. The molecule has 0 aromatic heterocycles. The highest BCUT2D eigenvalue weighted by Crippen LogP contribution is 2.14. The molecule has 44 heavy (non-hydrogen) atoms. The number of esters is 1. The molecule has 0 heterocycles. The van der Waals surface area contributed by atoms with Gasteiger partial charge >= 0.3 is 11.9 Å². The van der Waals surface area contributed by atoms with E-state index in [1.165, 1.54) is 161 Å². The minimum absolute atomic E-state index is 0.00172. The number of aliphatic carboxylic acids is 1. The van der Waals surface area contributed by atoms with Gasteiger partial charge in [-0.2, -0.15) is 0 Å². The van der Waals surface area contributed by atoms with E-state index in [1.54, 1.807) is 0 Å². The first kappa shape index (κ1) is 44.8. The molecule has 0 atom stereocenters. The van der Waals surface area contributed by atoms with Gasteiger partial charge in [0.25, 0.3) is 0 Å². The van der Waals surface area contributed by atoms with Crippen LogP contribution in [-0.4, -0.2) is 23.7 Å². The lowest BCUT2D eigenvalue weighted by Crippen LogP contribution is -2.05. The highest BCUT2D eigenvalue weighted by atomic mass is 16.5. The zero-order chi connectivity index (χ0) is 32.6. The first-order valence-electron chi connectivity index (χ1n) is 19.6. The quantitative estimate of drug-likeness (QED) is 0.0440. The van der Waals surface area contributed by atoms with Gasteiger partial charge in [-0.1, -0.05) is 181 Å². The van der Waals surface area contributed by atoms with Crippen molar-refractivity contribution in [1.29, 1.82) is 0 Å². The molecule has 4 heteroatoms. The normalized spacial score (nSPS) is 11.1. The van der Waals surface area contributed by atoms with Gasteiger partial charge in [0.2, 0.25) is 0 Å². The van der Waals surface area contributed by atoms with Crippen molar-refractivity contribution in [3.8, 4) is 0 Å². The third-order valence-corrected chi connectivity index (χ3v) is 8.40. The smallest absolute Gasteiger partial charge is 0.305 e. The minimum Gasteiger partial charge on any atom is -0.481 e. The Morgan fingerprint density at radius 2 is 0.750 bits per heavy atom. The summed E-state index contributed by atoms with van der Waals surface area (Å²) in [5.74, 6) is -0.666. The predicted octanol–water partition coefficient (Wildman–Crippen LogP) is 13.7. The highest BCUT2D eigenvalue weighted by molar-refractivity contribution is 5.69. The number of allylic oxidation sites excluding steroid dienone is 2. The Kier molecular flexibility index (Phi) is 42.4. The van der Waals surface area contributed by atoms with Crippen molar-refractivity contribution >= 4 is 11.9 Å². The van der Waals surface area contributed by atoms with Crippen LogP contribution < -0.4 is 0 Å². The average molecular weight is 623 g/mol. The topological polar surface area (TPSA) is 63.6 Å². The van der Waals surface area contributed by atoms with Crippen LogP contribution in [-0.2, 0) is 14.3 Å². The Balaban J connectivity index is 0. The van der Waals surface area contributed by atoms with Gasteiger partial charge in [0.05, 0.1) is 6.61 Å². The second-order valence-electron chi connectivity index (χ2n) is 13.0. The van der Waals surface area contributed by atoms with Gasteiger partial charge < -0.3 is 9.84 Å². The van der Waals surface area contributed by atoms with Crippen LogP contribution in [0.25, 0.3) is 0 Å². The van der Waals surface area contributed by atoms with E-state index in [2.05, 4.69) is 32.9 Å². The van der Waals surface area contributed by atoms with E-state index >= 15 is 0 Å². The molecular formula is C40H78O4. The van der Waals surface area contributed by atoms with Gasteiger partial charge in [-0.15, -0.1) is 0 Å². The Morgan fingerprint density at radius 1 is 0.432 bits per heavy atom. The molecule has 0 fully saturated rings. The van der Waals surface area contributed by atoms with E-state index in [0.717, 1.165) is 32.1 Å². The summed E-state index contributed by atoms with van der Waals surface area (Å²) >= 11 is 0. The van der Waals surface area contributed by atoms with Crippen molar-refractivity contribution in [1.82, 2.24) is 0 Å². The summed E-state index contributed by atoms with van der Waals surface area (Å²) in [6.45, 7) is 7.26. The van der Waals surface area contributed by atoms with Crippen LogP contribution in [0, 0.1) is 0 Å². The van der Waals surface area contributed by atoms with Gasteiger partial charge in [0.1, 0.15) is 0 Å². The van der Waals surface area contributed by atoms with Crippen molar-refractivity contribution in [3.05, 3.63) is 12.2 Å². The number of hydrogen-bond acceptors (Lipinski definition) is 3. The molecule has 0 aliphatic heterocycles. The molecule has 0 rings (SSSR count). The largest absolute Gasteiger partial charge is 0.481 e. The molecular weight excluding hydrogens is 544 g/mol. The molecule has 0 spiro atoms. The summed E-state index contributed by atoms with van der Waals surface area (Å²) in [7, 11) is 0. The van der Waals surface area contributed by atoms with E-state index < -0.39 is 5.97 Å². The van der Waals surface area contributed by atoms with Crippen LogP contribution in [0.4, 0.5) is 0 Å². The Hall–Kier alpha value is -1.32. The number of hydrogen-bond donors (Lipinski definition) is 1. The molecule has 0 saturated heterocycles. The number of unbranched alkanes of at least 4 members (excludes halogenated alkanes) is 26. The fraction of sp³-hybridized carbons (Fsp3) is 0.900. The summed E-state index contributed by atoms with van der Waals surface area (Å²) in [4.78, 5) is 21.8. The molecule has 0 aromatic rings. The zero-order valence-corrected chi connectivity index (χ0v) is 30.2. The highest BCUT2D eigenvalue weighted by Gasteiger charge is 2.02. The number of carbonyl (C=O) groups excluding carboxylic acids is 1. The molecule has 4 nitrogen and oxygen atoms in total. The molecule has 0 bridgehead atoms. The molecule has 0 aromatic carbocycles. The SMILES string of the molecule is CCCCCCCCC=CCCCCCCCC(=O)O.CCCCCCCCCCCCCCCCCC(=O)OCCCC. The number of carboxylic acids is 1. The molecule has 0 radical (unpaired) electrons. The maximum atomic E-state index is 11.4. The van der Waals surface area contributed by atoms with Crippen molar-refractivity contribution in [3.63, 3.8) is 0 Å². The Morgan fingerprint density at radius 3 is 1.11 bits per heavy atom. The summed E-state index contributed by atoms with van der Waals surface area (Å²) < 4.78 is 5.16. The van der Waals surface area contributed by atoms with E-state index in [4.69, 9.17) is 9.84 Å². The van der Waals surface area contributed by atoms with E-state index in [1.807, 2.05) is 0 Å². The van der Waals surface area contributed by atoms with Gasteiger partial charge in [-0.3, -0.25) is 9.59 Å². The first-order chi connectivity index (χ1) is 21.6. The van der Waals surface area contributed by atoms with Crippen molar-refractivity contribution in [2.45, 2.75) is 226 Å². The van der Waals surface area contributed by atoms with Gasteiger partial charge in [0.15, 0.2) is 0 Å². The summed E-state index contributed by atoms with van der Waals surface area (Å²) in [5, 5.41) is 8.51. The number of rotatable bonds is 34. The van der Waals surface area contributed by atoms with Crippen LogP contribution in [0.2, 0.25) is 0 Å². The van der Waals surface area contributed by atoms with Gasteiger partial charge in [-0.25, -0.2) is 0 Å². The number of ether oxygens (including phenoxy) is 1. The minimum atomic E-state index is -0.664. The third-order valence-electron chi connectivity index (χ3n) is 8.40. The summed E-state index contributed by atoms with van der Waals surface area (Å²) in [6, 6.07) is 0. The van der Waals surface area contributed by atoms with Crippen LogP contribution in [0.15, 0.2) is 12.2 Å². The van der Waals surface area contributed by atoms with Gasteiger partial charge in [0, 0.05) is 12.8 Å². The maximum Gasteiger partial charge on any atom is 0.305 e. The van der Waals surface area contributed by atoms with E-state index in [-0.39, 0.29) is 5.97 Å². The standard InChI is InChI=1S/C22H44O2.C18H34O2/c1-3-5-7-8-9-10-11-12-13-14-15-16-17-18-19-20-22(23)24-21-6-4-2;1-2-3-4-5-6-7-8-9-10-11-12-13-14-15-16-17-18(19)20/h3-21H2,1-2H3;9-10H,2-8,11-17H2,1H3,(H,19,20). The molecule has 0 unspecified atom stereocenters. The van der Waals surface area contributed by atoms with Crippen molar-refractivity contribution in [2.75, 3.05) is 6.61 Å². The molecule has 0 aliphatic carbocycles. The van der Waals surface area contributed by atoms with Crippen molar-refractivity contribution < 1.29 is 19.4 Å². The van der Waals surface area contributed by atoms with Crippen LogP contribution in [0.1, 0.15) is 226 Å². The van der Waals surface area contributed by atoms with E-state index in [9.17, 15) is 9.59 Å². The van der Waals surface area contributed by atoms with Crippen molar-refractivity contribution in [2.24, 2.45) is 0 Å². The second kappa shape index (κ2) is 41.7. The monoisotopic (exact) mass is 623 g/mol. The number of carboxylic acid groups (broad SMARTS) is 1. The van der Waals surface area contributed by atoms with E-state index in [0.29, 0.717) is 19.4 Å². The predicted molar refractivity (Wildman–Crippen MR) is 193 cm³/mol. The lowest BCUT2D eigenvalue weighted by Gasteiger charge is -2.04. The van der Waals surface area contributed by atoms with Crippen LogP contribution >= 0.6 is 0 Å². The maximum absolute atomic E-state index is 11.4. The zero-order valence-electron chi connectivity index (χ0n) is 30.2. The molecule has 0 amide bonds. The van der Waals surface area contributed by atoms with Crippen LogP contribution in [0.3, 0.4) is 0 Å². The summed E-state index contributed by atoms with van der Waals surface area (Å²) in [5.41, 5.74) is 0. The average Bonchev–Trinajstić information content (AvgIpc) is 3.01. The second-order valence-corrected chi connectivity index (χ2v) is 13.0. The first-order valence-corrected chi connectivity index (χ1v) is 19.6. The Labute approximate surface area is 276 Å². The third kappa shape index (κ3) is 45.1. The Bertz CT molecular complexity index is 586. The fourth-order valence-electron chi connectivity index (χ4n) is 5.39. The van der Waals surface area contributed by atoms with Gasteiger partial charge in [-0.05, 0) is 44.9 Å². The number of carbonyl (C=O) groups is 2.